The number of halogens is 1. The number of aliphatic imine (C=N–C) groups is 1. The van der Waals surface area contributed by atoms with E-state index in [9.17, 15) is 12.8 Å². The average Bonchev–Trinajstić information content (AvgIpc) is 2.71. The molecule has 0 bridgehead atoms. The molecule has 0 saturated heterocycles. The van der Waals surface area contributed by atoms with E-state index >= 15 is 0 Å². The van der Waals surface area contributed by atoms with Crippen LogP contribution in [0.3, 0.4) is 0 Å². The summed E-state index contributed by atoms with van der Waals surface area (Å²) in [4.78, 5) is 6.68. The minimum Gasteiger partial charge on any atom is -0.383 e. The van der Waals surface area contributed by atoms with Gasteiger partial charge in [-0.3, -0.25) is 0 Å². The van der Waals surface area contributed by atoms with Gasteiger partial charge in [0.1, 0.15) is 5.82 Å². The molecule has 0 aliphatic heterocycles. The highest BCUT2D eigenvalue weighted by Crippen LogP contribution is 2.13. The average molecular weight is 437 g/mol. The Morgan fingerprint density at radius 2 is 1.90 bits per heavy atom. The van der Waals surface area contributed by atoms with Crippen LogP contribution in [-0.2, 0) is 27.8 Å². The van der Waals surface area contributed by atoms with Crippen molar-refractivity contribution in [2.45, 2.75) is 24.9 Å². The third-order valence-electron chi connectivity index (χ3n) is 4.22. The topological polar surface area (TPSA) is 83.0 Å². The first-order chi connectivity index (χ1) is 14.4. The third kappa shape index (κ3) is 7.40. The lowest BCUT2D eigenvalue weighted by Gasteiger charge is -2.22. The van der Waals surface area contributed by atoms with Crippen LogP contribution in [0.2, 0.25) is 0 Å². The van der Waals surface area contributed by atoms with Gasteiger partial charge in [0.25, 0.3) is 0 Å². The van der Waals surface area contributed by atoms with Crippen molar-refractivity contribution < 1.29 is 17.5 Å². The molecule has 0 radical (unpaired) electrons. The Balaban J connectivity index is 2.12. The highest BCUT2D eigenvalue weighted by Gasteiger charge is 2.14. The summed E-state index contributed by atoms with van der Waals surface area (Å²) in [6.45, 7) is 3.93. The Labute approximate surface area is 178 Å². The van der Waals surface area contributed by atoms with E-state index in [1.165, 1.54) is 19.2 Å². The van der Waals surface area contributed by atoms with Gasteiger partial charge in [0.05, 0.1) is 18.0 Å². The van der Waals surface area contributed by atoms with E-state index in [-0.39, 0.29) is 17.3 Å². The summed E-state index contributed by atoms with van der Waals surface area (Å²) in [5.41, 5.74) is 1.59. The number of hydrogen-bond acceptors (Lipinski definition) is 4. The molecule has 0 amide bonds. The highest BCUT2D eigenvalue weighted by atomic mass is 32.2. The lowest BCUT2D eigenvalue weighted by atomic mass is 10.2. The number of guanidine groups is 1. The molecule has 2 aromatic carbocycles. The van der Waals surface area contributed by atoms with Gasteiger partial charge in [-0.1, -0.05) is 24.3 Å². The van der Waals surface area contributed by atoms with E-state index in [1.807, 2.05) is 31.0 Å². The summed E-state index contributed by atoms with van der Waals surface area (Å²) in [7, 11) is -0.223. The molecule has 0 aromatic heterocycles. The van der Waals surface area contributed by atoms with E-state index in [2.05, 4.69) is 15.0 Å². The summed E-state index contributed by atoms with van der Waals surface area (Å²) in [5.74, 6) is 0.369. The molecular formula is C21H29FN4O3S. The number of sulfonamides is 1. The van der Waals surface area contributed by atoms with Gasteiger partial charge < -0.3 is 15.0 Å². The number of benzene rings is 2. The maximum Gasteiger partial charge on any atom is 0.240 e. The first kappa shape index (κ1) is 23.8. The first-order valence-corrected chi connectivity index (χ1v) is 11.2. The molecule has 0 heterocycles. The lowest BCUT2D eigenvalue weighted by Crippen LogP contribution is -2.38. The molecule has 9 heteroatoms. The molecule has 0 unspecified atom stereocenters. The van der Waals surface area contributed by atoms with Crippen LogP contribution in [0.15, 0.2) is 58.4 Å². The fourth-order valence-electron chi connectivity index (χ4n) is 2.79. The fourth-order valence-corrected chi connectivity index (χ4v) is 3.88. The van der Waals surface area contributed by atoms with Crippen LogP contribution in [0, 0.1) is 5.82 Å². The number of rotatable bonds is 10. The van der Waals surface area contributed by atoms with Crippen molar-refractivity contribution in [3.8, 4) is 0 Å². The van der Waals surface area contributed by atoms with Crippen LogP contribution in [0.5, 0.6) is 0 Å². The molecule has 7 nitrogen and oxygen atoms in total. The van der Waals surface area contributed by atoms with Crippen LogP contribution >= 0.6 is 0 Å². The summed E-state index contributed by atoms with van der Waals surface area (Å²) >= 11 is 0. The Morgan fingerprint density at radius 1 is 1.17 bits per heavy atom. The van der Waals surface area contributed by atoms with Crippen molar-refractivity contribution in [2.24, 2.45) is 4.99 Å². The molecular weight excluding hydrogens is 407 g/mol. The summed E-state index contributed by atoms with van der Waals surface area (Å²) in [6, 6.07) is 13.1. The van der Waals surface area contributed by atoms with Crippen molar-refractivity contribution >= 4 is 16.0 Å². The third-order valence-corrected chi connectivity index (χ3v) is 5.68. The first-order valence-electron chi connectivity index (χ1n) is 9.67. The van der Waals surface area contributed by atoms with E-state index in [1.54, 1.807) is 24.3 Å². The predicted octanol–water partition coefficient (Wildman–Crippen LogP) is 2.35. The lowest BCUT2D eigenvalue weighted by molar-refractivity contribution is 0.204. The van der Waals surface area contributed by atoms with Crippen LogP contribution in [0.1, 0.15) is 18.1 Å². The SMILES string of the molecule is CCNC(=NCc1cccc(S(=O)(=O)NCCOC)c1)N(C)Cc1cccc(F)c1. The number of nitrogens with one attached hydrogen (secondary N) is 2. The maximum absolute atomic E-state index is 13.4. The zero-order valence-electron chi connectivity index (χ0n) is 17.6. The molecule has 0 aliphatic carbocycles. The van der Waals surface area contributed by atoms with Gasteiger partial charge in [-0.25, -0.2) is 22.5 Å². The fraction of sp³-hybridized carbons (Fsp3) is 0.381. The molecule has 30 heavy (non-hydrogen) atoms. The maximum atomic E-state index is 13.4. The van der Waals surface area contributed by atoms with Crippen molar-refractivity contribution in [2.75, 3.05) is 33.9 Å². The zero-order valence-corrected chi connectivity index (χ0v) is 18.4. The van der Waals surface area contributed by atoms with Gasteiger partial charge in [-0.2, -0.15) is 0 Å². The smallest absolute Gasteiger partial charge is 0.240 e. The molecule has 0 aliphatic rings. The number of methoxy groups -OCH3 is 1. The van der Waals surface area contributed by atoms with E-state index < -0.39 is 10.0 Å². The van der Waals surface area contributed by atoms with E-state index in [0.717, 1.165) is 11.1 Å². The van der Waals surface area contributed by atoms with Gasteiger partial charge in [-0.05, 0) is 42.3 Å². The molecule has 164 valence electrons. The van der Waals surface area contributed by atoms with Crippen molar-refractivity contribution in [3.05, 3.63) is 65.5 Å². The van der Waals surface area contributed by atoms with Crippen LogP contribution < -0.4 is 10.0 Å². The Kier molecular flexibility index (Phi) is 9.22. The zero-order chi connectivity index (χ0) is 22.0. The Bertz CT molecular complexity index is 951. The minimum atomic E-state index is -3.60. The number of hydrogen-bond donors (Lipinski definition) is 2. The van der Waals surface area contributed by atoms with Gasteiger partial charge >= 0.3 is 0 Å². The number of ether oxygens (including phenoxy) is 1. The second-order valence-corrected chi connectivity index (χ2v) is 8.46. The normalized spacial score (nSPS) is 12.1. The van der Waals surface area contributed by atoms with Gasteiger partial charge in [0.2, 0.25) is 10.0 Å². The molecule has 0 saturated carbocycles. The monoisotopic (exact) mass is 436 g/mol. The summed E-state index contributed by atoms with van der Waals surface area (Å²) in [6.07, 6.45) is 0. The summed E-state index contributed by atoms with van der Waals surface area (Å²) < 4.78 is 45.6. The highest BCUT2D eigenvalue weighted by molar-refractivity contribution is 7.89. The van der Waals surface area contributed by atoms with Gasteiger partial charge in [0.15, 0.2) is 5.96 Å². The quantitative estimate of drug-likeness (QED) is 0.339. The second-order valence-electron chi connectivity index (χ2n) is 6.69. The molecule has 0 atom stereocenters. The van der Waals surface area contributed by atoms with Crippen LogP contribution in [0.4, 0.5) is 4.39 Å². The largest absolute Gasteiger partial charge is 0.383 e. The Hall–Kier alpha value is -2.49. The molecule has 2 rings (SSSR count). The minimum absolute atomic E-state index is 0.185. The molecule has 0 fully saturated rings. The predicted molar refractivity (Wildman–Crippen MR) is 116 cm³/mol. The van der Waals surface area contributed by atoms with Crippen molar-refractivity contribution in [1.29, 1.82) is 0 Å². The molecule has 2 N–H and O–H groups in total. The second kappa shape index (κ2) is 11.6. The van der Waals surface area contributed by atoms with Crippen LogP contribution in [-0.4, -0.2) is 53.1 Å². The Morgan fingerprint density at radius 3 is 2.60 bits per heavy atom. The van der Waals surface area contributed by atoms with Crippen molar-refractivity contribution in [1.82, 2.24) is 14.9 Å². The number of nitrogens with zero attached hydrogens (tertiary/aromatic N) is 2. The summed E-state index contributed by atoms with van der Waals surface area (Å²) in [5, 5.41) is 3.20. The molecule has 2 aromatic rings. The standard InChI is InChI=1S/C21H29FN4O3S/c1-4-23-21(26(2)16-18-8-5-9-19(22)13-18)24-15-17-7-6-10-20(14-17)30(27,28)25-11-12-29-3/h5-10,13-14,25H,4,11-12,15-16H2,1-3H3,(H,23,24). The van der Waals surface area contributed by atoms with Crippen LogP contribution in [0.25, 0.3) is 0 Å². The van der Waals surface area contributed by atoms with Crippen molar-refractivity contribution in [3.63, 3.8) is 0 Å². The van der Waals surface area contributed by atoms with Gasteiger partial charge in [0, 0.05) is 33.8 Å². The van der Waals surface area contributed by atoms with E-state index in [0.29, 0.717) is 32.2 Å². The van der Waals surface area contributed by atoms with Gasteiger partial charge in [-0.15, -0.1) is 0 Å². The molecule has 0 spiro atoms. The van der Waals surface area contributed by atoms with E-state index in [4.69, 9.17) is 4.74 Å².